The van der Waals surface area contributed by atoms with Gasteiger partial charge < -0.3 is 0 Å². The van der Waals surface area contributed by atoms with Crippen LogP contribution < -0.4 is 17.1 Å². The predicted molar refractivity (Wildman–Crippen MR) is 54.3 cm³/mol. The minimum atomic E-state index is 1.36. The van der Waals surface area contributed by atoms with Crippen LogP contribution in [0.25, 0.3) is 0 Å². The van der Waals surface area contributed by atoms with E-state index in [-0.39, 0.29) is 0 Å². The molecule has 1 rings (SSSR count). The Morgan fingerprint density at radius 1 is 0.818 bits per heavy atom. The molecule has 2 nitrogen and oxygen atoms in total. The lowest BCUT2D eigenvalue weighted by Gasteiger charge is -1.75. The molecule has 0 saturated carbocycles. The smallest absolute Gasteiger partial charge is 0.216 e. The Morgan fingerprint density at radius 2 is 1.18 bits per heavy atom. The summed E-state index contributed by atoms with van der Waals surface area (Å²) < 4.78 is 7.02. The summed E-state index contributed by atoms with van der Waals surface area (Å²) in [6.07, 6.45) is 0. The van der Waals surface area contributed by atoms with Gasteiger partial charge in [-0.15, -0.1) is 0 Å². The largest absolute Gasteiger partial charge is 0.330 e. The van der Waals surface area contributed by atoms with E-state index in [1.54, 1.807) is 0 Å². The number of hydrogen-bond donors (Lipinski definition) is 0. The molecule has 0 radical (unpaired) electrons. The molecular weight excluding hydrogens is 196 g/mol. The van der Waals surface area contributed by atoms with E-state index in [9.17, 15) is 0 Å². The molecule has 0 unspecified atom stereocenters. The fourth-order valence-corrected chi connectivity index (χ4v) is 4.92. The Balaban J connectivity index is 3.45. The van der Waals surface area contributed by atoms with Crippen LogP contribution in [0.15, 0.2) is 0 Å². The van der Waals surface area contributed by atoms with Crippen molar-refractivity contribution in [3.8, 4) is 0 Å². The summed E-state index contributed by atoms with van der Waals surface area (Å²) >= 11 is 1.84. The van der Waals surface area contributed by atoms with E-state index in [1.807, 2.05) is 32.0 Å². The average Bonchev–Trinajstić information content (AvgIpc) is 2.33. The highest BCUT2D eigenvalue weighted by Gasteiger charge is 2.01. The van der Waals surface area contributed by atoms with Gasteiger partial charge in [0.15, 0.2) is 0 Å². The lowest BCUT2D eigenvalue weighted by molar-refractivity contribution is 0.837. The molecular formula is C6H12N2S3+2. The Kier molecular flexibility index (Phi) is 2.98. The van der Waals surface area contributed by atoms with Crippen molar-refractivity contribution in [2.45, 2.75) is 0 Å². The maximum atomic E-state index is 2.15. The third-order valence-corrected chi connectivity index (χ3v) is 6.10. The SMILES string of the molecule is C[N+](C)=c1ssc(=[N+](C)C)s1. The zero-order chi connectivity index (χ0) is 8.43. The first-order valence-corrected chi connectivity index (χ1v) is 6.19. The highest BCUT2D eigenvalue weighted by atomic mass is 32.9. The first kappa shape index (κ1) is 9.09. The molecule has 0 saturated heterocycles. The molecule has 0 aliphatic carbocycles. The summed E-state index contributed by atoms with van der Waals surface area (Å²) in [5.41, 5.74) is 0. The molecule has 0 fully saturated rings. The fraction of sp³-hybridized carbons (Fsp3) is 0.667. The standard InChI is InChI=1S/C6H12N2S3/c1-7(2)5-9-6(8(3)4)11-10-5/h1-4H3/q+2. The number of rotatable bonds is 0. The van der Waals surface area contributed by atoms with E-state index in [1.165, 1.54) is 7.97 Å². The number of nitrogens with zero attached hydrogens (tertiary/aromatic N) is 2. The van der Waals surface area contributed by atoms with Crippen molar-refractivity contribution in [3.63, 3.8) is 0 Å². The molecule has 0 atom stereocenters. The average molecular weight is 208 g/mol. The Bertz CT molecular complexity index is 323. The molecule has 1 aromatic rings. The summed E-state index contributed by atoms with van der Waals surface area (Å²) in [6.45, 7) is 0. The molecule has 1 aromatic heterocycles. The molecule has 1 heterocycles. The third-order valence-electron chi connectivity index (χ3n) is 1.09. The van der Waals surface area contributed by atoms with Crippen molar-refractivity contribution in [1.82, 2.24) is 9.15 Å². The van der Waals surface area contributed by atoms with Crippen molar-refractivity contribution in [3.05, 3.63) is 7.97 Å². The van der Waals surface area contributed by atoms with Crippen LogP contribution in [0.1, 0.15) is 0 Å². The molecule has 0 aliphatic heterocycles. The first-order chi connectivity index (χ1) is 5.11. The summed E-state index contributed by atoms with van der Waals surface area (Å²) in [5.74, 6) is 0. The predicted octanol–water partition coefficient (Wildman–Crippen LogP) is -0.0653. The molecule has 5 heteroatoms. The van der Waals surface area contributed by atoms with Crippen LogP contribution >= 0.6 is 32.0 Å². The van der Waals surface area contributed by atoms with Crippen LogP contribution in [0.5, 0.6) is 0 Å². The van der Waals surface area contributed by atoms with E-state index in [4.69, 9.17) is 0 Å². The van der Waals surface area contributed by atoms with Gasteiger partial charge in [0.1, 0.15) is 28.2 Å². The van der Waals surface area contributed by atoms with Crippen molar-refractivity contribution in [2.24, 2.45) is 0 Å². The molecule has 0 N–H and O–H groups in total. The van der Waals surface area contributed by atoms with Gasteiger partial charge in [0.05, 0.1) is 0 Å². The van der Waals surface area contributed by atoms with Crippen molar-refractivity contribution in [2.75, 3.05) is 28.2 Å². The second-order valence-corrected chi connectivity index (χ2v) is 6.19. The molecule has 11 heavy (non-hydrogen) atoms. The van der Waals surface area contributed by atoms with Gasteiger partial charge in [-0.3, -0.25) is 0 Å². The second kappa shape index (κ2) is 3.60. The van der Waals surface area contributed by atoms with Crippen LogP contribution in [0.3, 0.4) is 0 Å². The van der Waals surface area contributed by atoms with Crippen LogP contribution in [0.2, 0.25) is 0 Å². The second-order valence-electron chi connectivity index (χ2n) is 2.59. The van der Waals surface area contributed by atoms with Gasteiger partial charge in [-0.05, 0) is 0 Å². The topological polar surface area (TPSA) is 6.02 Å². The van der Waals surface area contributed by atoms with Gasteiger partial charge in [-0.1, -0.05) is 0 Å². The van der Waals surface area contributed by atoms with Crippen molar-refractivity contribution < 1.29 is 0 Å². The fourth-order valence-electron chi connectivity index (χ4n) is 0.512. The van der Waals surface area contributed by atoms with Crippen LogP contribution in [0, 0.1) is 0 Å². The Morgan fingerprint density at radius 3 is 1.36 bits per heavy atom. The zero-order valence-electron chi connectivity index (χ0n) is 7.12. The number of hydrogen-bond acceptors (Lipinski definition) is 3. The molecule has 0 aliphatic rings. The van der Waals surface area contributed by atoms with E-state index in [2.05, 4.69) is 37.3 Å². The molecule has 0 aromatic carbocycles. The summed E-state index contributed by atoms with van der Waals surface area (Å²) in [7, 11) is 12.0. The minimum absolute atomic E-state index is 1.36. The van der Waals surface area contributed by atoms with Gasteiger partial charge in [0, 0.05) is 32.0 Å². The van der Waals surface area contributed by atoms with E-state index < -0.39 is 0 Å². The Labute approximate surface area is 77.4 Å². The highest BCUT2D eigenvalue weighted by Crippen LogP contribution is 1.93. The third kappa shape index (κ3) is 2.21. The first-order valence-electron chi connectivity index (χ1n) is 3.22. The zero-order valence-corrected chi connectivity index (χ0v) is 9.57. The summed E-state index contributed by atoms with van der Waals surface area (Å²) in [4.78, 5) is 0. The Hall–Kier alpha value is -0.0000000000000000278. The maximum Gasteiger partial charge on any atom is 0.330 e. The molecule has 0 spiro atoms. The quantitative estimate of drug-likeness (QED) is 0.416. The summed E-state index contributed by atoms with van der Waals surface area (Å²) in [5, 5.41) is 0. The maximum absolute atomic E-state index is 2.15. The van der Waals surface area contributed by atoms with E-state index in [0.29, 0.717) is 0 Å². The van der Waals surface area contributed by atoms with Gasteiger partial charge in [-0.25, -0.2) is 9.15 Å². The molecule has 0 bridgehead atoms. The normalized spacial score (nSPS) is 9.82. The highest BCUT2D eigenvalue weighted by molar-refractivity contribution is 7.72. The van der Waals surface area contributed by atoms with Crippen LogP contribution in [-0.2, 0) is 0 Å². The van der Waals surface area contributed by atoms with Gasteiger partial charge in [0.2, 0.25) is 0 Å². The monoisotopic (exact) mass is 208 g/mol. The van der Waals surface area contributed by atoms with E-state index in [0.717, 1.165) is 0 Å². The van der Waals surface area contributed by atoms with Gasteiger partial charge in [-0.2, -0.15) is 0 Å². The van der Waals surface area contributed by atoms with Crippen molar-refractivity contribution in [1.29, 1.82) is 0 Å². The summed E-state index contributed by atoms with van der Waals surface area (Å²) in [6, 6.07) is 0. The van der Waals surface area contributed by atoms with E-state index >= 15 is 0 Å². The van der Waals surface area contributed by atoms with Gasteiger partial charge >= 0.3 is 7.97 Å². The lowest BCUT2D eigenvalue weighted by atomic mass is 11.1. The van der Waals surface area contributed by atoms with Crippen LogP contribution in [0.4, 0.5) is 0 Å². The van der Waals surface area contributed by atoms with Crippen LogP contribution in [-0.4, -0.2) is 28.2 Å². The minimum Gasteiger partial charge on any atom is -0.216 e. The lowest BCUT2D eigenvalue weighted by Crippen LogP contribution is -2.19. The molecule has 0 amide bonds. The van der Waals surface area contributed by atoms with Gasteiger partial charge in [0.25, 0.3) is 0 Å². The molecule has 62 valence electrons. The van der Waals surface area contributed by atoms with Crippen molar-refractivity contribution >= 4 is 32.0 Å².